The Hall–Kier alpha value is -1.52. The van der Waals surface area contributed by atoms with Crippen molar-refractivity contribution < 1.29 is 9.47 Å². The molecule has 0 aliphatic rings. The summed E-state index contributed by atoms with van der Waals surface area (Å²) in [6.07, 6.45) is 0.752. The Morgan fingerprint density at radius 2 is 1.75 bits per heavy atom. The molecule has 0 saturated carbocycles. The van der Waals surface area contributed by atoms with Gasteiger partial charge in [0.2, 0.25) is 0 Å². The van der Waals surface area contributed by atoms with E-state index in [4.69, 9.17) is 15.2 Å². The minimum absolute atomic E-state index is 0.105. The van der Waals surface area contributed by atoms with Crippen LogP contribution in [-0.4, -0.2) is 14.2 Å². The monoisotopic (exact) mass is 335 g/mol. The van der Waals surface area contributed by atoms with Crippen LogP contribution in [0.3, 0.4) is 0 Å². The number of hydrogen-bond donors (Lipinski definition) is 1. The van der Waals surface area contributed by atoms with Crippen LogP contribution in [0.4, 0.5) is 0 Å². The maximum absolute atomic E-state index is 6.30. The second kappa shape index (κ2) is 6.77. The zero-order valence-corrected chi connectivity index (χ0v) is 13.2. The summed E-state index contributed by atoms with van der Waals surface area (Å²) >= 11 is 3.43. The van der Waals surface area contributed by atoms with Crippen LogP contribution in [0.2, 0.25) is 0 Å². The van der Waals surface area contributed by atoms with E-state index in [-0.39, 0.29) is 6.04 Å². The van der Waals surface area contributed by atoms with Crippen LogP contribution in [-0.2, 0) is 6.42 Å². The van der Waals surface area contributed by atoms with Crippen molar-refractivity contribution in [3.63, 3.8) is 0 Å². The Kier molecular flexibility index (Phi) is 5.04. The van der Waals surface area contributed by atoms with E-state index in [1.165, 1.54) is 5.56 Å². The fourth-order valence-electron chi connectivity index (χ4n) is 2.12. The van der Waals surface area contributed by atoms with Crippen molar-refractivity contribution in [2.24, 2.45) is 5.73 Å². The van der Waals surface area contributed by atoms with Gasteiger partial charge >= 0.3 is 0 Å². The molecule has 20 heavy (non-hydrogen) atoms. The molecule has 1 unspecified atom stereocenters. The number of rotatable bonds is 5. The van der Waals surface area contributed by atoms with Gasteiger partial charge in [-0.15, -0.1) is 0 Å². The molecule has 0 bridgehead atoms. The second-order valence-corrected chi connectivity index (χ2v) is 5.46. The van der Waals surface area contributed by atoms with E-state index in [9.17, 15) is 0 Å². The first kappa shape index (κ1) is 14.9. The highest BCUT2D eigenvalue weighted by atomic mass is 79.9. The summed E-state index contributed by atoms with van der Waals surface area (Å²) in [5.41, 5.74) is 8.47. The van der Waals surface area contributed by atoms with Crippen LogP contribution in [0.1, 0.15) is 17.2 Å². The number of hydrogen-bond acceptors (Lipinski definition) is 3. The zero-order chi connectivity index (χ0) is 14.5. The molecule has 3 nitrogen and oxygen atoms in total. The molecule has 0 fully saturated rings. The number of methoxy groups -OCH3 is 2. The first-order chi connectivity index (χ1) is 9.63. The molecule has 2 N–H and O–H groups in total. The number of ether oxygens (including phenoxy) is 2. The van der Waals surface area contributed by atoms with E-state index in [0.717, 1.165) is 28.0 Å². The highest BCUT2D eigenvalue weighted by molar-refractivity contribution is 9.10. The first-order valence-electron chi connectivity index (χ1n) is 6.36. The SMILES string of the molecule is COc1ccc(CC(N)c2ccc(Br)cc2OC)cc1. The average Bonchev–Trinajstić information content (AvgIpc) is 2.47. The molecule has 0 heterocycles. The second-order valence-electron chi connectivity index (χ2n) is 4.54. The van der Waals surface area contributed by atoms with Gasteiger partial charge < -0.3 is 15.2 Å². The van der Waals surface area contributed by atoms with Gasteiger partial charge in [0, 0.05) is 16.1 Å². The quantitative estimate of drug-likeness (QED) is 0.905. The van der Waals surface area contributed by atoms with Gasteiger partial charge in [0.25, 0.3) is 0 Å². The summed E-state index contributed by atoms with van der Waals surface area (Å²) in [7, 11) is 3.32. The Morgan fingerprint density at radius 3 is 2.35 bits per heavy atom. The predicted molar refractivity (Wildman–Crippen MR) is 84.3 cm³/mol. The summed E-state index contributed by atoms with van der Waals surface area (Å²) < 4.78 is 11.5. The number of halogens is 1. The largest absolute Gasteiger partial charge is 0.497 e. The maximum Gasteiger partial charge on any atom is 0.124 e. The van der Waals surface area contributed by atoms with Crippen molar-refractivity contribution in [2.75, 3.05) is 14.2 Å². The molecule has 4 heteroatoms. The molecular formula is C16H18BrNO2. The van der Waals surface area contributed by atoms with Gasteiger partial charge in [0.15, 0.2) is 0 Å². The third-order valence-corrected chi connectivity index (χ3v) is 3.70. The topological polar surface area (TPSA) is 44.5 Å². The van der Waals surface area contributed by atoms with Crippen molar-refractivity contribution in [1.82, 2.24) is 0 Å². The highest BCUT2D eigenvalue weighted by Crippen LogP contribution is 2.29. The van der Waals surface area contributed by atoms with Gasteiger partial charge in [-0.2, -0.15) is 0 Å². The molecule has 1 atom stereocenters. The lowest BCUT2D eigenvalue weighted by Gasteiger charge is -2.16. The summed E-state index contributed by atoms with van der Waals surface area (Å²) in [4.78, 5) is 0. The van der Waals surface area contributed by atoms with Gasteiger partial charge in [0.05, 0.1) is 14.2 Å². The van der Waals surface area contributed by atoms with Gasteiger partial charge in [-0.05, 0) is 36.2 Å². The van der Waals surface area contributed by atoms with Crippen molar-refractivity contribution in [3.8, 4) is 11.5 Å². The Balaban J connectivity index is 2.16. The first-order valence-corrected chi connectivity index (χ1v) is 7.15. The standard InChI is InChI=1S/C16H18BrNO2/c1-19-13-6-3-11(4-7-13)9-15(18)14-8-5-12(17)10-16(14)20-2/h3-8,10,15H,9,18H2,1-2H3. The molecule has 0 spiro atoms. The number of benzene rings is 2. The zero-order valence-electron chi connectivity index (χ0n) is 11.6. The fraction of sp³-hybridized carbons (Fsp3) is 0.250. The fourth-order valence-corrected chi connectivity index (χ4v) is 2.46. The van der Waals surface area contributed by atoms with Crippen LogP contribution < -0.4 is 15.2 Å². The Bertz CT molecular complexity index is 569. The molecule has 0 aromatic heterocycles. The summed E-state index contributed by atoms with van der Waals surface area (Å²) in [6.45, 7) is 0. The van der Waals surface area contributed by atoms with Crippen LogP contribution in [0.15, 0.2) is 46.9 Å². The van der Waals surface area contributed by atoms with Crippen LogP contribution >= 0.6 is 15.9 Å². The molecule has 106 valence electrons. The van der Waals surface area contributed by atoms with Crippen molar-refractivity contribution in [1.29, 1.82) is 0 Å². The van der Waals surface area contributed by atoms with Crippen molar-refractivity contribution in [3.05, 3.63) is 58.1 Å². The third kappa shape index (κ3) is 3.52. The molecule has 2 rings (SSSR count). The molecule has 0 radical (unpaired) electrons. The van der Waals surface area contributed by atoms with Gasteiger partial charge in [-0.3, -0.25) is 0 Å². The Morgan fingerprint density at radius 1 is 1.05 bits per heavy atom. The molecule has 0 amide bonds. The summed E-state index contributed by atoms with van der Waals surface area (Å²) in [5.74, 6) is 1.66. The molecule has 0 aliphatic carbocycles. The van der Waals surface area contributed by atoms with E-state index >= 15 is 0 Å². The lowest BCUT2D eigenvalue weighted by Crippen LogP contribution is -2.14. The maximum atomic E-state index is 6.30. The van der Waals surface area contributed by atoms with Crippen molar-refractivity contribution in [2.45, 2.75) is 12.5 Å². The lowest BCUT2D eigenvalue weighted by molar-refractivity contribution is 0.405. The van der Waals surface area contributed by atoms with E-state index < -0.39 is 0 Å². The minimum atomic E-state index is -0.105. The average molecular weight is 336 g/mol. The van der Waals surface area contributed by atoms with Gasteiger partial charge in [-0.1, -0.05) is 34.1 Å². The smallest absolute Gasteiger partial charge is 0.124 e. The van der Waals surface area contributed by atoms with E-state index in [2.05, 4.69) is 15.9 Å². The third-order valence-electron chi connectivity index (χ3n) is 3.21. The molecule has 2 aromatic rings. The molecule has 0 saturated heterocycles. The highest BCUT2D eigenvalue weighted by Gasteiger charge is 2.13. The molecule has 0 aliphatic heterocycles. The predicted octanol–water partition coefficient (Wildman–Crippen LogP) is 3.71. The van der Waals surface area contributed by atoms with E-state index in [0.29, 0.717) is 0 Å². The molecular weight excluding hydrogens is 318 g/mol. The summed E-state index contributed by atoms with van der Waals surface area (Å²) in [6, 6.07) is 13.8. The van der Waals surface area contributed by atoms with Crippen molar-refractivity contribution >= 4 is 15.9 Å². The minimum Gasteiger partial charge on any atom is -0.497 e. The number of nitrogens with two attached hydrogens (primary N) is 1. The Labute approximate surface area is 127 Å². The van der Waals surface area contributed by atoms with Crippen LogP contribution in [0.5, 0.6) is 11.5 Å². The lowest BCUT2D eigenvalue weighted by atomic mass is 9.99. The van der Waals surface area contributed by atoms with E-state index in [1.54, 1.807) is 14.2 Å². The van der Waals surface area contributed by atoms with Gasteiger partial charge in [-0.25, -0.2) is 0 Å². The van der Waals surface area contributed by atoms with Gasteiger partial charge in [0.1, 0.15) is 11.5 Å². The normalized spacial score (nSPS) is 12.0. The van der Waals surface area contributed by atoms with E-state index in [1.807, 2.05) is 42.5 Å². The van der Waals surface area contributed by atoms with Crippen LogP contribution in [0, 0.1) is 0 Å². The van der Waals surface area contributed by atoms with Crippen LogP contribution in [0.25, 0.3) is 0 Å². The molecule has 2 aromatic carbocycles. The summed E-state index contributed by atoms with van der Waals surface area (Å²) in [5, 5.41) is 0.